The molecule has 21 heavy (non-hydrogen) atoms. The topological polar surface area (TPSA) is 90.1 Å². The molecule has 0 amide bonds. The fraction of sp³-hybridized carbons (Fsp3) is 0.429. The molecule has 2 aromatic rings. The van der Waals surface area contributed by atoms with Crippen LogP contribution in [0.3, 0.4) is 0 Å². The third kappa shape index (κ3) is 3.63. The Morgan fingerprint density at radius 1 is 1.38 bits per heavy atom. The van der Waals surface area contributed by atoms with E-state index in [9.17, 15) is 14.9 Å². The highest BCUT2D eigenvalue weighted by Gasteiger charge is 2.10. The van der Waals surface area contributed by atoms with Gasteiger partial charge in [-0.15, -0.1) is 0 Å². The highest BCUT2D eigenvalue weighted by Crippen LogP contribution is 2.16. The number of benzene rings is 1. The van der Waals surface area contributed by atoms with Crippen LogP contribution in [0.4, 0.5) is 5.69 Å². The van der Waals surface area contributed by atoms with E-state index >= 15 is 0 Å². The summed E-state index contributed by atoms with van der Waals surface area (Å²) in [6.45, 7) is 4.42. The van der Waals surface area contributed by atoms with Crippen molar-refractivity contribution in [2.45, 2.75) is 26.3 Å². The number of non-ortho nitro benzene ring substituents is 1. The Morgan fingerprint density at radius 2 is 2.19 bits per heavy atom. The van der Waals surface area contributed by atoms with Crippen LogP contribution in [0.1, 0.15) is 19.8 Å². The number of fused-ring (bicyclic) bond motifs is 1. The second-order valence-electron chi connectivity index (χ2n) is 4.81. The Labute approximate surface area is 121 Å². The van der Waals surface area contributed by atoms with Gasteiger partial charge in [0.1, 0.15) is 0 Å². The summed E-state index contributed by atoms with van der Waals surface area (Å²) in [5.74, 6) is 0. The lowest BCUT2D eigenvalue weighted by molar-refractivity contribution is -0.384. The monoisotopic (exact) mass is 290 g/mol. The molecule has 0 unspecified atom stereocenters. The highest BCUT2D eigenvalue weighted by molar-refractivity contribution is 5.79. The van der Waals surface area contributed by atoms with Gasteiger partial charge in [-0.1, -0.05) is 6.92 Å². The number of nitro groups is 1. The first kappa shape index (κ1) is 15.1. The average Bonchev–Trinajstić information content (AvgIpc) is 2.49. The van der Waals surface area contributed by atoms with Gasteiger partial charge in [-0.2, -0.15) is 0 Å². The number of hydrogen-bond acceptors (Lipinski definition) is 5. The minimum atomic E-state index is -0.509. The number of aromatic nitrogens is 2. The van der Waals surface area contributed by atoms with Crippen molar-refractivity contribution in [1.82, 2.24) is 14.9 Å². The fourth-order valence-electron chi connectivity index (χ4n) is 2.10. The number of aryl methyl sites for hydroxylation is 1. The third-order valence-electron chi connectivity index (χ3n) is 3.20. The Balaban J connectivity index is 2.20. The van der Waals surface area contributed by atoms with Crippen LogP contribution in [0.25, 0.3) is 10.9 Å². The number of nitro benzene ring substituents is 1. The summed E-state index contributed by atoms with van der Waals surface area (Å²) >= 11 is 0. The minimum absolute atomic E-state index is 0.0937. The van der Waals surface area contributed by atoms with Crippen LogP contribution in [0.15, 0.2) is 29.3 Å². The van der Waals surface area contributed by atoms with Gasteiger partial charge in [0, 0.05) is 18.7 Å². The first-order valence-electron chi connectivity index (χ1n) is 6.97. The summed E-state index contributed by atoms with van der Waals surface area (Å²) < 4.78 is 1.50. The van der Waals surface area contributed by atoms with Crippen LogP contribution in [-0.4, -0.2) is 27.6 Å². The maximum atomic E-state index is 12.3. The van der Waals surface area contributed by atoms with Crippen LogP contribution in [-0.2, 0) is 6.54 Å². The zero-order valence-corrected chi connectivity index (χ0v) is 11.9. The standard InChI is InChI=1S/C14H18N4O3/c1-2-6-15-7-3-8-17-10-16-13-5-4-11(18(20)21)9-12(13)14(17)19/h4-5,9-10,15H,2-3,6-8H2,1H3. The van der Waals surface area contributed by atoms with Gasteiger partial charge in [-0.05, 0) is 32.0 Å². The van der Waals surface area contributed by atoms with Crippen molar-refractivity contribution in [1.29, 1.82) is 0 Å². The van der Waals surface area contributed by atoms with Crippen molar-refractivity contribution in [2.75, 3.05) is 13.1 Å². The lowest BCUT2D eigenvalue weighted by Crippen LogP contribution is -2.24. The molecule has 0 aliphatic rings. The average molecular weight is 290 g/mol. The van der Waals surface area contributed by atoms with Crippen LogP contribution in [0, 0.1) is 10.1 Å². The summed E-state index contributed by atoms with van der Waals surface area (Å²) in [5.41, 5.74) is 0.147. The summed E-state index contributed by atoms with van der Waals surface area (Å²) in [4.78, 5) is 26.8. The van der Waals surface area contributed by atoms with Gasteiger partial charge < -0.3 is 5.32 Å². The van der Waals surface area contributed by atoms with Crippen LogP contribution in [0.5, 0.6) is 0 Å². The van der Waals surface area contributed by atoms with Crippen LogP contribution >= 0.6 is 0 Å². The number of nitrogens with zero attached hydrogens (tertiary/aromatic N) is 3. The molecule has 7 heteroatoms. The molecule has 7 nitrogen and oxygen atoms in total. The Hall–Kier alpha value is -2.28. The van der Waals surface area contributed by atoms with E-state index in [1.807, 2.05) is 0 Å². The van der Waals surface area contributed by atoms with Crippen molar-refractivity contribution in [3.63, 3.8) is 0 Å². The molecule has 0 radical (unpaired) electrons. The van der Waals surface area contributed by atoms with E-state index < -0.39 is 4.92 Å². The van der Waals surface area contributed by atoms with E-state index in [-0.39, 0.29) is 16.6 Å². The predicted octanol–water partition coefficient (Wildman–Crippen LogP) is 1.69. The molecule has 112 valence electrons. The fourth-order valence-corrected chi connectivity index (χ4v) is 2.10. The first-order valence-corrected chi connectivity index (χ1v) is 6.97. The van der Waals surface area contributed by atoms with Gasteiger partial charge in [-0.3, -0.25) is 19.5 Å². The van der Waals surface area contributed by atoms with Gasteiger partial charge in [0.05, 0.1) is 22.2 Å². The van der Waals surface area contributed by atoms with Crippen molar-refractivity contribution in [2.24, 2.45) is 0 Å². The van der Waals surface area contributed by atoms with Gasteiger partial charge in [0.2, 0.25) is 0 Å². The molecular weight excluding hydrogens is 272 g/mol. The zero-order valence-electron chi connectivity index (χ0n) is 11.9. The van der Waals surface area contributed by atoms with Crippen molar-refractivity contribution < 1.29 is 4.92 Å². The maximum Gasteiger partial charge on any atom is 0.270 e. The molecule has 0 saturated carbocycles. The SMILES string of the molecule is CCCNCCCn1cnc2ccc([N+](=O)[O-])cc2c1=O. The summed E-state index contributed by atoms with van der Waals surface area (Å²) in [5, 5.41) is 14.3. The Morgan fingerprint density at radius 3 is 2.90 bits per heavy atom. The van der Waals surface area contributed by atoms with Crippen LogP contribution in [0.2, 0.25) is 0 Å². The van der Waals surface area contributed by atoms with E-state index in [2.05, 4.69) is 17.2 Å². The first-order chi connectivity index (χ1) is 10.1. The molecule has 0 spiro atoms. The van der Waals surface area contributed by atoms with E-state index in [0.29, 0.717) is 12.1 Å². The summed E-state index contributed by atoms with van der Waals surface area (Å²) in [6, 6.07) is 4.15. The molecule has 1 aromatic heterocycles. The second-order valence-corrected chi connectivity index (χ2v) is 4.81. The number of nitrogens with one attached hydrogen (secondary N) is 1. The number of rotatable bonds is 7. The minimum Gasteiger partial charge on any atom is -0.317 e. The Kier molecular flexibility index (Phi) is 4.99. The molecule has 2 rings (SSSR count). The Bertz CT molecular complexity index is 696. The molecule has 0 atom stereocenters. The summed E-state index contributed by atoms with van der Waals surface area (Å²) in [6.07, 6.45) is 3.37. The van der Waals surface area contributed by atoms with Crippen LogP contribution < -0.4 is 10.9 Å². The largest absolute Gasteiger partial charge is 0.317 e. The van der Waals surface area contributed by atoms with E-state index in [1.165, 1.54) is 29.1 Å². The molecule has 1 heterocycles. The van der Waals surface area contributed by atoms with E-state index in [1.54, 1.807) is 0 Å². The van der Waals surface area contributed by atoms with Gasteiger partial charge in [0.25, 0.3) is 11.2 Å². The van der Waals surface area contributed by atoms with Crippen molar-refractivity contribution in [3.8, 4) is 0 Å². The van der Waals surface area contributed by atoms with E-state index in [0.717, 1.165) is 25.9 Å². The third-order valence-corrected chi connectivity index (χ3v) is 3.20. The molecule has 0 saturated heterocycles. The quantitative estimate of drug-likeness (QED) is 0.476. The van der Waals surface area contributed by atoms with Crippen molar-refractivity contribution >= 4 is 16.6 Å². The lowest BCUT2D eigenvalue weighted by Gasteiger charge is -2.07. The lowest BCUT2D eigenvalue weighted by atomic mass is 10.2. The van der Waals surface area contributed by atoms with Crippen molar-refractivity contribution in [3.05, 3.63) is 45.0 Å². The van der Waals surface area contributed by atoms with Gasteiger partial charge in [0.15, 0.2) is 0 Å². The predicted molar refractivity (Wildman–Crippen MR) is 80.4 cm³/mol. The zero-order chi connectivity index (χ0) is 15.2. The molecular formula is C14H18N4O3. The summed E-state index contributed by atoms with van der Waals surface area (Å²) in [7, 11) is 0. The normalized spacial score (nSPS) is 10.9. The van der Waals surface area contributed by atoms with Gasteiger partial charge >= 0.3 is 0 Å². The second kappa shape index (κ2) is 6.94. The maximum absolute atomic E-state index is 12.3. The highest BCUT2D eigenvalue weighted by atomic mass is 16.6. The van der Waals surface area contributed by atoms with Gasteiger partial charge in [-0.25, -0.2) is 4.98 Å². The molecule has 1 N–H and O–H groups in total. The molecule has 1 aromatic carbocycles. The van der Waals surface area contributed by atoms with E-state index in [4.69, 9.17) is 0 Å². The molecule has 0 aliphatic carbocycles. The molecule has 0 bridgehead atoms. The smallest absolute Gasteiger partial charge is 0.270 e. The molecule has 0 fully saturated rings. The number of hydrogen-bond donors (Lipinski definition) is 1. The molecule has 0 aliphatic heterocycles.